The zero-order valence-electron chi connectivity index (χ0n) is 20.1. The first-order valence-corrected chi connectivity index (χ1v) is 12.1. The normalized spacial score (nSPS) is 17.4. The van der Waals surface area contributed by atoms with Gasteiger partial charge in [0, 0.05) is 11.7 Å². The van der Waals surface area contributed by atoms with Gasteiger partial charge in [0.1, 0.15) is 5.75 Å². The van der Waals surface area contributed by atoms with Crippen LogP contribution in [0.25, 0.3) is 5.57 Å². The molecule has 31 heavy (non-hydrogen) atoms. The van der Waals surface area contributed by atoms with Crippen molar-refractivity contribution in [1.29, 1.82) is 0 Å². The number of hydrogen-bond acceptors (Lipinski definition) is 4. The molecule has 1 aromatic carbocycles. The smallest absolute Gasteiger partial charge is 0.303 e. The number of rotatable bonds is 3. The number of benzene rings is 1. The Morgan fingerprint density at radius 1 is 1.03 bits per heavy atom. The van der Waals surface area contributed by atoms with Crippen molar-refractivity contribution in [1.82, 2.24) is 0 Å². The van der Waals surface area contributed by atoms with Crippen LogP contribution in [0.3, 0.4) is 0 Å². The van der Waals surface area contributed by atoms with Crippen molar-refractivity contribution in [2.24, 2.45) is 0 Å². The number of allylic oxidation sites excluding steroid dienone is 4. The standard InChI is InChI=1S/C15H17O4P.3C2H6.C2H2.CH2O2/c1-3-11-12-7-5-6-8-13(12)19-20(18,14(11)4-2)10-9-15(16)17;4*1-2;2-1-3/h3-8H,9-10H2,1-2H3,(H,16,17);3*1-2H3;1-2H;1H,(H,2,3)/b11-3-,14-4+;;;;;. The molecule has 176 valence electrons. The average Bonchev–Trinajstić information content (AvgIpc) is 2.82. The second-order valence-corrected chi connectivity index (χ2v) is 7.07. The average molecular weight is 455 g/mol. The van der Waals surface area contributed by atoms with Gasteiger partial charge in [-0.1, -0.05) is 71.9 Å². The second kappa shape index (κ2) is 23.5. The molecule has 0 spiro atoms. The number of hydrogen-bond donors (Lipinski definition) is 2. The lowest BCUT2D eigenvalue weighted by Gasteiger charge is -2.30. The summed E-state index contributed by atoms with van der Waals surface area (Å²) in [5.74, 6) is -0.417. The SMILES string of the molecule is C#C.C/C=C1\C(=C/C)P(=O)(CCC(=O)O)Oc2ccccc21.CC.CC.CC.O=CO. The molecule has 0 saturated carbocycles. The van der Waals surface area contributed by atoms with Gasteiger partial charge in [0.05, 0.1) is 11.7 Å². The van der Waals surface area contributed by atoms with Crippen molar-refractivity contribution in [3.05, 3.63) is 47.3 Å². The van der Waals surface area contributed by atoms with E-state index in [1.54, 1.807) is 19.1 Å². The Balaban J connectivity index is -0.000000286. The maximum absolute atomic E-state index is 13.0. The fourth-order valence-corrected chi connectivity index (χ4v) is 4.77. The van der Waals surface area contributed by atoms with Crippen molar-refractivity contribution in [3.63, 3.8) is 0 Å². The number of carboxylic acid groups (broad SMARTS) is 2. The van der Waals surface area contributed by atoms with E-state index < -0.39 is 13.3 Å². The number of carbonyl (C=O) groups is 2. The molecule has 1 heterocycles. The number of para-hydroxylation sites is 1. The van der Waals surface area contributed by atoms with Gasteiger partial charge in [0.2, 0.25) is 0 Å². The van der Waals surface area contributed by atoms with E-state index in [9.17, 15) is 9.36 Å². The zero-order valence-corrected chi connectivity index (χ0v) is 21.0. The molecule has 0 aliphatic carbocycles. The van der Waals surface area contributed by atoms with Gasteiger partial charge in [-0.2, -0.15) is 0 Å². The van der Waals surface area contributed by atoms with Crippen LogP contribution in [-0.2, 0) is 14.2 Å². The lowest BCUT2D eigenvalue weighted by molar-refractivity contribution is -0.136. The van der Waals surface area contributed by atoms with Crippen molar-refractivity contribution in [2.45, 2.75) is 61.8 Å². The Labute approximate surface area is 188 Å². The summed E-state index contributed by atoms with van der Waals surface area (Å²) in [5, 5.41) is 16.3. The molecule has 0 amide bonds. The van der Waals surface area contributed by atoms with E-state index in [0.717, 1.165) is 11.1 Å². The highest BCUT2D eigenvalue weighted by Gasteiger charge is 2.37. The molecule has 6 nitrogen and oxygen atoms in total. The number of carboxylic acids is 1. The van der Waals surface area contributed by atoms with Crippen LogP contribution < -0.4 is 4.52 Å². The van der Waals surface area contributed by atoms with Gasteiger partial charge in [0.25, 0.3) is 13.8 Å². The molecule has 1 aliphatic heterocycles. The molecule has 2 N–H and O–H groups in total. The lowest BCUT2D eigenvalue weighted by atomic mass is 10.0. The third kappa shape index (κ3) is 12.5. The summed E-state index contributed by atoms with van der Waals surface area (Å²) in [4.78, 5) is 19.1. The molecule has 0 saturated heterocycles. The van der Waals surface area contributed by atoms with Gasteiger partial charge < -0.3 is 14.7 Å². The first-order valence-electron chi connectivity index (χ1n) is 10.3. The fraction of sp³-hybridized carbons (Fsp3) is 0.417. The predicted molar refractivity (Wildman–Crippen MR) is 132 cm³/mol. The molecule has 0 fully saturated rings. The molecule has 1 aromatic rings. The second-order valence-electron chi connectivity index (χ2n) is 4.61. The minimum Gasteiger partial charge on any atom is -0.483 e. The third-order valence-electron chi connectivity index (χ3n) is 3.25. The van der Waals surface area contributed by atoms with Gasteiger partial charge >= 0.3 is 5.97 Å². The molecular weight excluding hydrogens is 415 g/mol. The first-order chi connectivity index (χ1) is 14.9. The van der Waals surface area contributed by atoms with Crippen LogP contribution in [0.4, 0.5) is 0 Å². The van der Waals surface area contributed by atoms with E-state index in [-0.39, 0.29) is 19.1 Å². The van der Waals surface area contributed by atoms with E-state index in [2.05, 4.69) is 12.8 Å². The van der Waals surface area contributed by atoms with Crippen LogP contribution in [0.5, 0.6) is 5.75 Å². The van der Waals surface area contributed by atoms with E-state index in [4.69, 9.17) is 19.5 Å². The van der Waals surface area contributed by atoms with Gasteiger partial charge in [-0.3, -0.25) is 14.2 Å². The van der Waals surface area contributed by atoms with E-state index in [1.165, 1.54) is 0 Å². The minimum atomic E-state index is -3.17. The molecule has 1 aliphatic rings. The Morgan fingerprint density at radius 2 is 1.48 bits per heavy atom. The number of terminal acetylenes is 1. The van der Waals surface area contributed by atoms with Crippen LogP contribution in [0, 0.1) is 12.8 Å². The summed E-state index contributed by atoms with van der Waals surface area (Å²) in [6.07, 6.45) is 11.5. The van der Waals surface area contributed by atoms with Gasteiger partial charge in [-0.25, -0.2) is 0 Å². The summed E-state index contributed by atoms with van der Waals surface area (Å²) in [6, 6.07) is 7.38. The van der Waals surface area contributed by atoms with Gasteiger partial charge in [-0.05, 0) is 25.5 Å². The quantitative estimate of drug-likeness (QED) is 0.285. The molecular formula is C24H39O6P. The van der Waals surface area contributed by atoms with E-state index >= 15 is 0 Å². The zero-order chi connectivity index (χ0) is 25.5. The van der Waals surface area contributed by atoms with Crippen molar-refractivity contribution in [2.75, 3.05) is 6.16 Å². The minimum absolute atomic E-state index is 0.00762. The maximum Gasteiger partial charge on any atom is 0.303 e. The Hall–Kier alpha value is -2.77. The van der Waals surface area contributed by atoms with Gasteiger partial charge in [-0.15, -0.1) is 12.8 Å². The van der Waals surface area contributed by atoms with E-state index in [1.807, 2.05) is 72.7 Å². The summed E-state index contributed by atoms with van der Waals surface area (Å²) < 4.78 is 18.7. The molecule has 0 radical (unpaired) electrons. The van der Waals surface area contributed by atoms with Crippen molar-refractivity contribution in [3.8, 4) is 18.6 Å². The monoisotopic (exact) mass is 454 g/mol. The Bertz CT molecular complexity index is 733. The molecule has 7 heteroatoms. The summed E-state index contributed by atoms with van der Waals surface area (Å²) in [5.41, 5.74) is 1.76. The molecule has 1 unspecified atom stereocenters. The largest absolute Gasteiger partial charge is 0.483 e. The predicted octanol–water partition coefficient (Wildman–Crippen LogP) is 7.17. The molecule has 2 rings (SSSR count). The fourth-order valence-electron chi connectivity index (χ4n) is 2.36. The third-order valence-corrected chi connectivity index (χ3v) is 5.79. The van der Waals surface area contributed by atoms with Gasteiger partial charge in [0.15, 0.2) is 0 Å². The topological polar surface area (TPSA) is 101 Å². The van der Waals surface area contributed by atoms with E-state index in [0.29, 0.717) is 11.1 Å². The van der Waals surface area contributed by atoms with Crippen LogP contribution in [0.2, 0.25) is 0 Å². The first kappa shape index (κ1) is 35.7. The Kier molecular flexibility index (Phi) is 27.0. The lowest BCUT2D eigenvalue weighted by Crippen LogP contribution is -2.12. The summed E-state index contributed by atoms with van der Waals surface area (Å²) >= 11 is 0. The van der Waals surface area contributed by atoms with Crippen LogP contribution in [-0.4, -0.2) is 28.8 Å². The number of fused-ring (bicyclic) bond motifs is 1. The highest BCUT2D eigenvalue weighted by Crippen LogP contribution is 2.64. The molecule has 0 bridgehead atoms. The summed E-state index contributed by atoms with van der Waals surface area (Å²) in [7, 11) is -3.17. The maximum atomic E-state index is 13.0. The Morgan fingerprint density at radius 3 is 1.87 bits per heavy atom. The molecule has 0 aromatic heterocycles. The molecule has 1 atom stereocenters. The van der Waals surface area contributed by atoms with Crippen LogP contribution in [0.15, 0.2) is 41.7 Å². The van der Waals surface area contributed by atoms with Crippen LogP contribution in [0.1, 0.15) is 67.4 Å². The van der Waals surface area contributed by atoms with Crippen molar-refractivity contribution >= 4 is 25.4 Å². The highest BCUT2D eigenvalue weighted by atomic mass is 31.2. The summed E-state index contributed by atoms with van der Waals surface area (Å²) in [6.45, 7) is 15.4. The van der Waals surface area contributed by atoms with Crippen LogP contribution >= 0.6 is 7.37 Å². The number of aliphatic carboxylic acids is 1. The van der Waals surface area contributed by atoms with Crippen molar-refractivity contribution < 1.29 is 28.9 Å². The highest BCUT2D eigenvalue weighted by molar-refractivity contribution is 7.64.